The molecule has 0 aromatic heterocycles. The molecule has 0 aliphatic heterocycles. The molecule has 1 aromatic carbocycles. The zero-order chi connectivity index (χ0) is 12.5. The zero-order valence-corrected chi connectivity index (χ0v) is 12.5. The van der Waals surface area contributed by atoms with E-state index in [2.05, 4.69) is 54.0 Å². The van der Waals surface area contributed by atoms with Crippen LogP contribution in [0.2, 0.25) is 0 Å². The Balaban J connectivity index is 2.27. The lowest BCUT2D eigenvalue weighted by atomic mass is 10.1. The second-order valence-corrected chi connectivity index (χ2v) is 5.41. The van der Waals surface area contributed by atoms with Crippen molar-refractivity contribution in [1.82, 2.24) is 0 Å². The number of rotatable bonds is 8. The normalized spacial score (nSPS) is 12.4. The van der Waals surface area contributed by atoms with Crippen molar-refractivity contribution in [1.29, 1.82) is 0 Å². The van der Waals surface area contributed by atoms with Crippen molar-refractivity contribution in [2.75, 3.05) is 11.9 Å². The Morgan fingerprint density at radius 1 is 1.18 bits per heavy atom. The zero-order valence-electron chi connectivity index (χ0n) is 10.9. The summed E-state index contributed by atoms with van der Waals surface area (Å²) in [6, 6.07) is 8.50. The van der Waals surface area contributed by atoms with E-state index < -0.39 is 0 Å². The molecule has 1 aromatic rings. The van der Waals surface area contributed by atoms with Gasteiger partial charge in [0.05, 0.1) is 6.61 Å². The number of ether oxygens (including phenoxy) is 1. The van der Waals surface area contributed by atoms with Crippen LogP contribution in [0.25, 0.3) is 0 Å². The predicted molar refractivity (Wildman–Crippen MR) is 78.1 cm³/mol. The number of hydrogen-bond donors (Lipinski definition) is 0. The highest BCUT2D eigenvalue weighted by Crippen LogP contribution is 2.15. The molecule has 0 aliphatic rings. The van der Waals surface area contributed by atoms with Gasteiger partial charge in [0.15, 0.2) is 0 Å². The molecular formula is C15H23BrO. The molecule has 0 radical (unpaired) electrons. The van der Waals surface area contributed by atoms with Gasteiger partial charge in [0.25, 0.3) is 0 Å². The molecular weight excluding hydrogens is 276 g/mol. The van der Waals surface area contributed by atoms with E-state index in [1.165, 1.54) is 18.4 Å². The molecule has 96 valence electrons. The summed E-state index contributed by atoms with van der Waals surface area (Å²) >= 11 is 3.47. The van der Waals surface area contributed by atoms with Crippen molar-refractivity contribution < 1.29 is 4.74 Å². The highest BCUT2D eigenvalue weighted by atomic mass is 79.9. The van der Waals surface area contributed by atoms with Crippen LogP contribution in [0.3, 0.4) is 0 Å². The number of alkyl halides is 1. The van der Waals surface area contributed by atoms with Gasteiger partial charge >= 0.3 is 0 Å². The summed E-state index contributed by atoms with van der Waals surface area (Å²) < 4.78 is 5.74. The van der Waals surface area contributed by atoms with Gasteiger partial charge in [-0.05, 0) is 42.9 Å². The van der Waals surface area contributed by atoms with Crippen molar-refractivity contribution in [2.24, 2.45) is 5.92 Å². The third-order valence-corrected chi connectivity index (χ3v) is 3.40. The van der Waals surface area contributed by atoms with Crippen molar-refractivity contribution in [3.63, 3.8) is 0 Å². The van der Waals surface area contributed by atoms with Gasteiger partial charge in [-0.15, -0.1) is 0 Å². The average Bonchev–Trinajstić information content (AvgIpc) is 2.32. The number of halogens is 1. The fourth-order valence-corrected chi connectivity index (χ4v) is 2.53. The van der Waals surface area contributed by atoms with E-state index in [1.54, 1.807) is 0 Å². The molecule has 1 nitrogen and oxygen atoms in total. The number of aryl methyl sites for hydroxylation is 1. The first-order valence-corrected chi connectivity index (χ1v) is 7.66. The van der Waals surface area contributed by atoms with Crippen LogP contribution in [0.1, 0.15) is 38.7 Å². The van der Waals surface area contributed by atoms with E-state index in [0.29, 0.717) is 0 Å². The van der Waals surface area contributed by atoms with Crippen molar-refractivity contribution >= 4 is 15.9 Å². The highest BCUT2D eigenvalue weighted by Gasteiger charge is 2.01. The first kappa shape index (κ1) is 14.6. The largest absolute Gasteiger partial charge is 0.494 e. The quantitative estimate of drug-likeness (QED) is 0.625. The molecule has 0 spiro atoms. The van der Waals surface area contributed by atoms with Crippen LogP contribution >= 0.6 is 15.9 Å². The molecule has 0 aliphatic carbocycles. The number of hydrogen-bond acceptors (Lipinski definition) is 1. The van der Waals surface area contributed by atoms with Gasteiger partial charge in [-0.25, -0.2) is 0 Å². The van der Waals surface area contributed by atoms with Gasteiger partial charge in [-0.1, -0.05) is 48.3 Å². The van der Waals surface area contributed by atoms with Crippen LogP contribution in [-0.2, 0) is 6.42 Å². The van der Waals surface area contributed by atoms with Gasteiger partial charge in [0, 0.05) is 5.33 Å². The predicted octanol–water partition coefficient (Wildman–Crippen LogP) is 4.83. The van der Waals surface area contributed by atoms with Crippen LogP contribution in [0, 0.1) is 5.92 Å². The van der Waals surface area contributed by atoms with Crippen LogP contribution < -0.4 is 4.74 Å². The Bertz CT molecular complexity index is 294. The monoisotopic (exact) mass is 298 g/mol. The summed E-state index contributed by atoms with van der Waals surface area (Å²) in [5.41, 5.74) is 1.40. The molecule has 0 N–H and O–H groups in total. The van der Waals surface area contributed by atoms with E-state index >= 15 is 0 Å². The lowest BCUT2D eigenvalue weighted by Gasteiger charge is -2.11. The van der Waals surface area contributed by atoms with Gasteiger partial charge < -0.3 is 4.74 Å². The minimum atomic E-state index is 0.730. The maximum atomic E-state index is 5.74. The van der Waals surface area contributed by atoms with E-state index in [1.807, 2.05) is 0 Å². The third-order valence-electron chi connectivity index (χ3n) is 2.94. The van der Waals surface area contributed by atoms with Crippen molar-refractivity contribution in [3.05, 3.63) is 29.8 Å². The minimum absolute atomic E-state index is 0.730. The van der Waals surface area contributed by atoms with Crippen LogP contribution in [0.4, 0.5) is 0 Å². The van der Waals surface area contributed by atoms with Crippen LogP contribution in [-0.4, -0.2) is 11.9 Å². The van der Waals surface area contributed by atoms with E-state index in [0.717, 1.165) is 36.4 Å². The molecule has 2 heteroatoms. The Labute approximate surface area is 114 Å². The summed E-state index contributed by atoms with van der Waals surface area (Å²) in [5, 5.41) is 1.08. The molecule has 0 heterocycles. The molecule has 0 saturated carbocycles. The average molecular weight is 299 g/mol. The molecule has 1 atom stereocenters. The smallest absolute Gasteiger partial charge is 0.119 e. The lowest BCUT2D eigenvalue weighted by Crippen LogP contribution is -2.04. The Hall–Kier alpha value is -0.500. The molecule has 1 unspecified atom stereocenters. The Kier molecular flexibility index (Phi) is 7.34. The van der Waals surface area contributed by atoms with Gasteiger partial charge in [0.1, 0.15) is 5.75 Å². The number of benzene rings is 1. The lowest BCUT2D eigenvalue weighted by molar-refractivity contribution is 0.282. The topological polar surface area (TPSA) is 9.23 Å². The highest BCUT2D eigenvalue weighted by molar-refractivity contribution is 9.09. The van der Waals surface area contributed by atoms with Gasteiger partial charge in [-0.3, -0.25) is 0 Å². The summed E-state index contributed by atoms with van der Waals surface area (Å²) in [6.45, 7) is 5.30. The Morgan fingerprint density at radius 3 is 2.47 bits per heavy atom. The van der Waals surface area contributed by atoms with Crippen molar-refractivity contribution in [3.8, 4) is 5.75 Å². The molecule has 0 fully saturated rings. The fourth-order valence-electron chi connectivity index (χ4n) is 1.75. The fraction of sp³-hybridized carbons (Fsp3) is 0.600. The minimum Gasteiger partial charge on any atom is -0.494 e. The second kappa shape index (κ2) is 8.57. The molecule has 0 bridgehead atoms. The first-order valence-electron chi connectivity index (χ1n) is 6.54. The van der Waals surface area contributed by atoms with Gasteiger partial charge in [-0.2, -0.15) is 0 Å². The molecule has 0 saturated heterocycles. The second-order valence-electron chi connectivity index (χ2n) is 4.61. The van der Waals surface area contributed by atoms with Crippen molar-refractivity contribution in [2.45, 2.75) is 39.5 Å². The summed E-state index contributed by atoms with van der Waals surface area (Å²) in [4.78, 5) is 0. The molecule has 1 rings (SSSR count). The van der Waals surface area contributed by atoms with Crippen LogP contribution in [0.5, 0.6) is 5.75 Å². The van der Waals surface area contributed by atoms with E-state index in [9.17, 15) is 0 Å². The van der Waals surface area contributed by atoms with E-state index in [-0.39, 0.29) is 0 Å². The summed E-state index contributed by atoms with van der Waals surface area (Å²) in [5.74, 6) is 1.73. The Morgan fingerprint density at radius 2 is 1.88 bits per heavy atom. The SMILES string of the molecule is CCCc1ccc(OCCC(C)CCBr)cc1. The standard InChI is InChI=1S/C15H23BrO/c1-3-4-14-5-7-15(8-6-14)17-12-10-13(2)9-11-16/h5-8,13H,3-4,9-12H2,1-2H3. The van der Waals surface area contributed by atoms with Crippen LogP contribution in [0.15, 0.2) is 24.3 Å². The maximum Gasteiger partial charge on any atom is 0.119 e. The summed E-state index contributed by atoms with van der Waals surface area (Å²) in [6.07, 6.45) is 4.70. The van der Waals surface area contributed by atoms with Gasteiger partial charge in [0.2, 0.25) is 0 Å². The molecule has 0 amide bonds. The third kappa shape index (κ3) is 6.11. The summed E-state index contributed by atoms with van der Waals surface area (Å²) in [7, 11) is 0. The first-order chi connectivity index (χ1) is 8.26. The van der Waals surface area contributed by atoms with E-state index in [4.69, 9.17) is 4.74 Å². The maximum absolute atomic E-state index is 5.74. The molecule has 17 heavy (non-hydrogen) atoms.